The molecular formula is C19H27NO4. The third kappa shape index (κ3) is 3.28. The lowest BCUT2D eigenvalue weighted by Gasteiger charge is -2.44. The first-order valence-corrected chi connectivity index (χ1v) is 7.84. The number of fused-ring (bicyclic) bond motifs is 3. The number of hydrogen-bond acceptors (Lipinski definition) is 5. The van der Waals surface area contributed by atoms with Crippen LogP contribution in [0.1, 0.15) is 52.0 Å². The van der Waals surface area contributed by atoms with Crippen LogP contribution < -0.4 is 9.47 Å². The van der Waals surface area contributed by atoms with E-state index in [4.69, 9.17) is 17.7 Å². The second kappa shape index (κ2) is 6.37. The Morgan fingerprint density at radius 2 is 2.04 bits per heavy atom. The number of nitrogens with zero attached hydrogens (tertiary/aromatic N) is 1. The Labute approximate surface area is 152 Å². The molecule has 0 bridgehead atoms. The number of rotatable bonds is 4. The van der Waals surface area contributed by atoms with E-state index in [0.29, 0.717) is 22.6 Å². The van der Waals surface area contributed by atoms with E-state index in [1.807, 2.05) is 0 Å². The van der Waals surface area contributed by atoms with Crippen LogP contribution in [0.5, 0.6) is 11.5 Å². The zero-order valence-electron chi connectivity index (χ0n) is 20.3. The Hall–Kier alpha value is -1.59. The Kier molecular flexibility index (Phi) is 2.95. The molecule has 0 aliphatic carbocycles. The van der Waals surface area contributed by atoms with Crippen molar-refractivity contribution in [3.8, 4) is 11.5 Å². The van der Waals surface area contributed by atoms with Gasteiger partial charge in [-0.1, -0.05) is 0 Å². The van der Waals surface area contributed by atoms with Crippen LogP contribution in [0.25, 0.3) is 0 Å². The van der Waals surface area contributed by atoms with Gasteiger partial charge in [-0.05, 0) is 49.9 Å². The van der Waals surface area contributed by atoms with Gasteiger partial charge in [-0.3, -0.25) is 9.69 Å². The zero-order valence-corrected chi connectivity index (χ0v) is 14.3. The molecule has 24 heavy (non-hydrogen) atoms. The topological polar surface area (TPSA) is 59.0 Å². The van der Waals surface area contributed by atoms with Crippen LogP contribution in [0.4, 0.5) is 0 Å². The molecule has 0 saturated carbocycles. The summed E-state index contributed by atoms with van der Waals surface area (Å²) in [5, 5.41) is 10.2. The summed E-state index contributed by atoms with van der Waals surface area (Å²) in [5.74, 6) is -3.17. The summed E-state index contributed by atoms with van der Waals surface area (Å²) in [6.45, 7) is -1.26. The fourth-order valence-electron chi connectivity index (χ4n) is 3.05. The highest BCUT2D eigenvalue weighted by atomic mass is 16.5. The summed E-state index contributed by atoms with van der Waals surface area (Å²) in [6, 6.07) is 1.69. The van der Waals surface area contributed by atoms with Crippen LogP contribution in [-0.4, -0.2) is 48.6 Å². The van der Waals surface area contributed by atoms with E-state index in [1.165, 1.54) is 34.1 Å². The lowest BCUT2D eigenvalue weighted by atomic mass is 9.79. The molecule has 5 nitrogen and oxygen atoms in total. The molecule has 2 aliphatic heterocycles. The number of ether oxygens (including phenoxy) is 2. The minimum absolute atomic E-state index is 0.0502. The number of carbonyl (C=O) groups excluding carboxylic acids is 1. The van der Waals surface area contributed by atoms with Gasteiger partial charge in [0.2, 0.25) is 0 Å². The van der Waals surface area contributed by atoms with E-state index in [1.54, 1.807) is 6.07 Å². The van der Waals surface area contributed by atoms with Crippen LogP contribution in [0, 0.1) is 5.89 Å². The van der Waals surface area contributed by atoms with Gasteiger partial charge in [0.05, 0.1) is 19.8 Å². The quantitative estimate of drug-likeness (QED) is 0.912. The maximum Gasteiger partial charge on any atom is 0.161 e. The molecule has 0 radical (unpaired) electrons. The monoisotopic (exact) mass is 339 g/mol. The van der Waals surface area contributed by atoms with Crippen molar-refractivity contribution < 1.29 is 27.6 Å². The molecule has 1 aromatic rings. The fraction of sp³-hybridized carbons (Fsp3) is 0.632. The van der Waals surface area contributed by atoms with Crippen molar-refractivity contribution in [2.75, 3.05) is 27.2 Å². The third-order valence-corrected chi connectivity index (χ3v) is 4.14. The summed E-state index contributed by atoms with van der Waals surface area (Å²) < 4.78 is 62.4. The summed E-state index contributed by atoms with van der Waals surface area (Å²) in [7, 11) is 2.86. The number of piperidine rings is 1. The van der Waals surface area contributed by atoms with Gasteiger partial charge in [-0.15, -0.1) is 0 Å². The van der Waals surface area contributed by atoms with E-state index in [0.717, 1.165) is 4.90 Å². The van der Waals surface area contributed by atoms with E-state index in [-0.39, 0.29) is 6.42 Å². The summed E-state index contributed by atoms with van der Waals surface area (Å²) in [6.07, 6.45) is -3.23. The largest absolute Gasteiger partial charge is 0.493 e. The molecule has 0 aromatic heterocycles. The lowest BCUT2D eigenvalue weighted by Crippen LogP contribution is -2.47. The summed E-state index contributed by atoms with van der Waals surface area (Å²) >= 11 is 0. The van der Waals surface area contributed by atoms with Crippen molar-refractivity contribution in [2.45, 2.75) is 44.7 Å². The van der Waals surface area contributed by atoms with E-state index in [9.17, 15) is 9.90 Å². The normalized spacial score (nSPS) is 38.3. The van der Waals surface area contributed by atoms with Gasteiger partial charge in [0.25, 0.3) is 0 Å². The first-order valence-electron chi connectivity index (χ1n) is 10.9. The molecule has 1 saturated heterocycles. The number of methoxy groups -OCH3 is 2. The van der Waals surface area contributed by atoms with Gasteiger partial charge in [-0.25, -0.2) is 0 Å². The van der Waals surface area contributed by atoms with Crippen molar-refractivity contribution in [1.82, 2.24) is 4.90 Å². The molecule has 1 fully saturated rings. The van der Waals surface area contributed by atoms with Crippen molar-refractivity contribution in [1.29, 1.82) is 0 Å². The Balaban J connectivity index is 2.26. The van der Waals surface area contributed by atoms with Crippen molar-refractivity contribution in [3.63, 3.8) is 0 Å². The van der Waals surface area contributed by atoms with Gasteiger partial charge in [0, 0.05) is 39.6 Å². The van der Waals surface area contributed by atoms with E-state index in [2.05, 4.69) is 0 Å². The van der Waals surface area contributed by atoms with Gasteiger partial charge in [-0.2, -0.15) is 0 Å². The van der Waals surface area contributed by atoms with Gasteiger partial charge in [0.15, 0.2) is 11.5 Å². The fourth-order valence-corrected chi connectivity index (χ4v) is 3.05. The second-order valence-electron chi connectivity index (χ2n) is 6.66. The number of aliphatic hydroxyl groups is 1. The Morgan fingerprint density at radius 3 is 2.67 bits per heavy atom. The molecule has 3 atom stereocenters. The number of benzene rings is 1. The third-order valence-electron chi connectivity index (χ3n) is 4.14. The average Bonchev–Trinajstić information content (AvgIpc) is 2.62. The molecule has 2 heterocycles. The number of ketones is 1. The predicted octanol–water partition coefficient (Wildman–Crippen LogP) is 2.35. The second-order valence-corrected chi connectivity index (χ2v) is 6.66. The number of carbonyl (C=O) groups is 1. The highest BCUT2D eigenvalue weighted by Crippen LogP contribution is 2.42. The molecule has 3 rings (SSSR count). The molecule has 3 unspecified atom stereocenters. The lowest BCUT2D eigenvalue weighted by molar-refractivity contribution is -0.131. The molecule has 1 aromatic carbocycles. The molecule has 132 valence electrons. The van der Waals surface area contributed by atoms with Gasteiger partial charge >= 0.3 is 0 Å². The summed E-state index contributed by atoms with van der Waals surface area (Å²) in [5.41, 5.74) is -0.708. The van der Waals surface area contributed by atoms with Crippen LogP contribution in [0.3, 0.4) is 0 Å². The molecule has 0 spiro atoms. The first kappa shape index (κ1) is 11.1. The smallest absolute Gasteiger partial charge is 0.161 e. The standard InChI is InChI=1S/C19H27NO4/c1-19(2,22)10-13-11-20-6-5-12-7-17(23-3)18(24-4)8-14(12)15(20)9-16(13)21/h7-8,13,15,22H,5-6,9-11H2,1-4H3/i6D,9D2,11D2,13D. The average molecular weight is 339 g/mol. The Morgan fingerprint density at radius 1 is 1.38 bits per heavy atom. The number of aryl methyl sites for hydroxylation is 1. The van der Waals surface area contributed by atoms with Crippen LogP contribution >= 0.6 is 0 Å². The maximum atomic E-state index is 13.3. The van der Waals surface area contributed by atoms with Crippen LogP contribution in [0.2, 0.25) is 0 Å². The van der Waals surface area contributed by atoms with Crippen molar-refractivity contribution in [3.05, 3.63) is 23.3 Å². The molecule has 5 heteroatoms. The first-order chi connectivity index (χ1) is 13.6. The van der Waals surface area contributed by atoms with E-state index >= 15 is 0 Å². The number of hydrogen-bond donors (Lipinski definition) is 1. The Bertz CT molecular complexity index is 871. The maximum absolute atomic E-state index is 13.3. The van der Waals surface area contributed by atoms with Crippen molar-refractivity contribution in [2.24, 2.45) is 5.89 Å². The minimum Gasteiger partial charge on any atom is -0.493 e. The highest BCUT2D eigenvalue weighted by Gasteiger charge is 2.40. The highest BCUT2D eigenvalue weighted by molar-refractivity contribution is 5.83. The molecule has 0 amide bonds. The van der Waals surface area contributed by atoms with Crippen LogP contribution in [-0.2, 0) is 11.2 Å². The molecule has 2 aliphatic rings. The van der Waals surface area contributed by atoms with Gasteiger partial charge < -0.3 is 14.6 Å². The van der Waals surface area contributed by atoms with Gasteiger partial charge in [0.1, 0.15) is 5.78 Å². The van der Waals surface area contributed by atoms with Crippen molar-refractivity contribution >= 4 is 5.78 Å². The zero-order chi connectivity index (χ0) is 22.9. The van der Waals surface area contributed by atoms with E-state index < -0.39 is 49.1 Å². The minimum atomic E-state index is -2.70. The SMILES string of the molecule is [2H]C1Cc2cc(OC)c(OC)cc2C2N1C([2H])([2H])C([2H])(CC(C)(C)O)C(=O)C2([2H])[2H]. The number of Topliss-reactive ketones (excluding diaryl/α,β-unsaturated/α-hetero) is 1. The van der Waals surface area contributed by atoms with Crippen LogP contribution in [0.15, 0.2) is 12.1 Å². The summed E-state index contributed by atoms with van der Waals surface area (Å²) in [4.78, 5) is 14.2. The molecular weight excluding hydrogens is 306 g/mol. The molecule has 1 N–H and O–H groups in total. The predicted molar refractivity (Wildman–Crippen MR) is 91.6 cm³/mol.